The van der Waals surface area contributed by atoms with Crippen molar-refractivity contribution in [2.75, 3.05) is 43.5 Å². The van der Waals surface area contributed by atoms with E-state index in [9.17, 15) is 4.39 Å². The summed E-state index contributed by atoms with van der Waals surface area (Å²) in [5, 5.41) is 6.86. The SMILES string of the molecule is COc1ccc(Nc2cc3c4c(c2)[C@@H]2CNC[C@@H]2CN4CCC3)c(F)c1. The molecule has 5 rings (SSSR count). The van der Waals surface area contributed by atoms with E-state index in [-0.39, 0.29) is 5.82 Å². The second-order valence-corrected chi connectivity index (χ2v) is 7.62. The lowest BCUT2D eigenvalue weighted by Gasteiger charge is -2.42. The number of methoxy groups -OCH3 is 1. The van der Waals surface area contributed by atoms with Gasteiger partial charge in [0.25, 0.3) is 0 Å². The average molecular weight is 353 g/mol. The summed E-state index contributed by atoms with van der Waals surface area (Å²) in [6.45, 7) is 4.46. The van der Waals surface area contributed by atoms with Crippen LogP contribution in [0, 0.1) is 11.7 Å². The van der Waals surface area contributed by atoms with Crippen LogP contribution in [0.2, 0.25) is 0 Å². The molecule has 3 aliphatic rings. The molecule has 0 bridgehead atoms. The first-order valence-corrected chi connectivity index (χ1v) is 9.46. The average Bonchev–Trinajstić information content (AvgIpc) is 3.12. The summed E-state index contributed by atoms with van der Waals surface area (Å²) < 4.78 is 19.5. The highest BCUT2D eigenvalue weighted by atomic mass is 19.1. The molecule has 0 amide bonds. The van der Waals surface area contributed by atoms with E-state index in [0.717, 1.165) is 38.3 Å². The molecule has 2 aromatic rings. The molecule has 0 radical (unpaired) electrons. The lowest BCUT2D eigenvalue weighted by molar-refractivity contribution is 0.411. The molecule has 0 spiro atoms. The van der Waals surface area contributed by atoms with Crippen molar-refractivity contribution >= 4 is 17.1 Å². The van der Waals surface area contributed by atoms with Crippen LogP contribution in [-0.2, 0) is 6.42 Å². The Morgan fingerprint density at radius 3 is 3.00 bits per heavy atom. The van der Waals surface area contributed by atoms with E-state index < -0.39 is 0 Å². The number of halogens is 1. The zero-order valence-corrected chi connectivity index (χ0v) is 15.0. The Hall–Kier alpha value is -2.27. The normalized spacial score (nSPS) is 23.4. The van der Waals surface area contributed by atoms with Crippen molar-refractivity contribution in [2.45, 2.75) is 18.8 Å². The number of benzene rings is 2. The maximum atomic E-state index is 14.4. The number of anilines is 3. The van der Waals surface area contributed by atoms with Crippen LogP contribution in [-0.4, -0.2) is 33.3 Å². The van der Waals surface area contributed by atoms with Gasteiger partial charge in [0.15, 0.2) is 0 Å². The summed E-state index contributed by atoms with van der Waals surface area (Å²) in [5.41, 5.74) is 5.75. The van der Waals surface area contributed by atoms with Gasteiger partial charge in [0.2, 0.25) is 0 Å². The Kier molecular flexibility index (Phi) is 3.78. The minimum Gasteiger partial charge on any atom is -0.497 e. The highest BCUT2D eigenvalue weighted by Gasteiger charge is 2.38. The van der Waals surface area contributed by atoms with E-state index in [1.807, 2.05) is 0 Å². The van der Waals surface area contributed by atoms with Crippen LogP contribution in [0.25, 0.3) is 0 Å². The van der Waals surface area contributed by atoms with E-state index in [2.05, 4.69) is 27.7 Å². The summed E-state index contributed by atoms with van der Waals surface area (Å²) in [6, 6.07) is 9.39. The van der Waals surface area contributed by atoms with Crippen LogP contribution in [0.15, 0.2) is 30.3 Å². The second kappa shape index (κ2) is 6.16. The summed E-state index contributed by atoms with van der Waals surface area (Å²) in [6.07, 6.45) is 2.29. The molecule has 26 heavy (non-hydrogen) atoms. The molecule has 2 atom stereocenters. The Morgan fingerprint density at radius 1 is 1.23 bits per heavy atom. The van der Waals surface area contributed by atoms with Gasteiger partial charge in [-0.2, -0.15) is 0 Å². The fraction of sp³-hybridized carbons (Fsp3) is 0.429. The topological polar surface area (TPSA) is 36.5 Å². The fourth-order valence-electron chi connectivity index (χ4n) is 4.86. The predicted octanol–water partition coefficient (Wildman–Crippen LogP) is 3.65. The van der Waals surface area contributed by atoms with Gasteiger partial charge in [-0.25, -0.2) is 4.39 Å². The minimum absolute atomic E-state index is 0.294. The zero-order valence-electron chi connectivity index (χ0n) is 15.0. The molecular weight excluding hydrogens is 329 g/mol. The minimum atomic E-state index is -0.294. The molecular formula is C21H24FN3O. The number of fused-ring (bicyclic) bond motifs is 2. The Morgan fingerprint density at radius 2 is 2.15 bits per heavy atom. The second-order valence-electron chi connectivity index (χ2n) is 7.62. The third kappa shape index (κ3) is 2.53. The molecule has 2 N–H and O–H groups in total. The van der Waals surface area contributed by atoms with Gasteiger partial charge in [0.1, 0.15) is 11.6 Å². The number of nitrogens with one attached hydrogen (secondary N) is 2. The first-order valence-electron chi connectivity index (χ1n) is 9.46. The Labute approximate surface area is 153 Å². The monoisotopic (exact) mass is 353 g/mol. The first-order chi connectivity index (χ1) is 12.7. The van der Waals surface area contributed by atoms with E-state index in [1.54, 1.807) is 19.2 Å². The van der Waals surface area contributed by atoms with Gasteiger partial charge in [-0.05, 0) is 54.2 Å². The van der Waals surface area contributed by atoms with E-state index in [0.29, 0.717) is 23.3 Å². The summed E-state index contributed by atoms with van der Waals surface area (Å²) in [5.74, 6) is 1.49. The summed E-state index contributed by atoms with van der Waals surface area (Å²) >= 11 is 0. The molecule has 0 saturated carbocycles. The molecule has 0 aliphatic carbocycles. The molecule has 5 heteroatoms. The number of rotatable bonds is 3. The number of aryl methyl sites for hydroxylation is 1. The van der Waals surface area contributed by atoms with Crippen LogP contribution in [0.3, 0.4) is 0 Å². The highest BCUT2D eigenvalue weighted by molar-refractivity contribution is 5.73. The molecule has 3 heterocycles. The number of nitrogens with zero attached hydrogens (tertiary/aromatic N) is 1. The molecule has 2 aromatic carbocycles. The van der Waals surface area contributed by atoms with Crippen LogP contribution < -0.4 is 20.3 Å². The summed E-state index contributed by atoms with van der Waals surface area (Å²) in [4.78, 5) is 2.57. The van der Waals surface area contributed by atoms with E-state index in [1.165, 1.54) is 29.3 Å². The van der Waals surface area contributed by atoms with Crippen LogP contribution in [0.1, 0.15) is 23.5 Å². The number of hydrogen-bond acceptors (Lipinski definition) is 4. The Bertz CT molecular complexity index is 853. The van der Waals surface area contributed by atoms with Crippen molar-refractivity contribution in [3.8, 4) is 5.75 Å². The predicted molar refractivity (Wildman–Crippen MR) is 102 cm³/mol. The van der Waals surface area contributed by atoms with Crippen molar-refractivity contribution in [3.63, 3.8) is 0 Å². The van der Waals surface area contributed by atoms with Gasteiger partial charge >= 0.3 is 0 Å². The van der Waals surface area contributed by atoms with Gasteiger partial charge in [0, 0.05) is 49.5 Å². The highest BCUT2D eigenvalue weighted by Crippen LogP contribution is 2.46. The molecule has 3 aliphatic heterocycles. The van der Waals surface area contributed by atoms with Crippen LogP contribution >= 0.6 is 0 Å². The zero-order chi connectivity index (χ0) is 17.7. The van der Waals surface area contributed by atoms with Gasteiger partial charge < -0.3 is 20.3 Å². The van der Waals surface area contributed by atoms with Gasteiger partial charge in [-0.3, -0.25) is 0 Å². The third-order valence-electron chi connectivity index (χ3n) is 6.06. The summed E-state index contributed by atoms with van der Waals surface area (Å²) in [7, 11) is 1.55. The van der Waals surface area contributed by atoms with E-state index >= 15 is 0 Å². The van der Waals surface area contributed by atoms with Crippen molar-refractivity contribution in [1.29, 1.82) is 0 Å². The van der Waals surface area contributed by atoms with Gasteiger partial charge in [-0.1, -0.05) is 0 Å². The first kappa shape index (κ1) is 15.9. The maximum Gasteiger partial charge on any atom is 0.150 e. The van der Waals surface area contributed by atoms with Crippen molar-refractivity contribution in [2.24, 2.45) is 5.92 Å². The fourth-order valence-corrected chi connectivity index (χ4v) is 4.86. The standard InChI is InChI=1S/C21H24FN3O/c1-26-16-4-5-20(19(22)9-16)24-15-7-13-3-2-6-25-12-14-10-23-11-18(14)17(8-15)21(13)25/h4-5,7-9,14,18,23-24H,2-3,6,10-12H2,1H3/t14-,18-/m1/s1. The molecule has 1 fully saturated rings. The Balaban J connectivity index is 1.54. The lowest BCUT2D eigenvalue weighted by atomic mass is 9.80. The molecule has 4 nitrogen and oxygen atoms in total. The smallest absolute Gasteiger partial charge is 0.150 e. The van der Waals surface area contributed by atoms with E-state index in [4.69, 9.17) is 4.74 Å². The number of hydrogen-bond donors (Lipinski definition) is 2. The molecule has 0 aromatic heterocycles. The maximum absolute atomic E-state index is 14.4. The number of ether oxygens (including phenoxy) is 1. The van der Waals surface area contributed by atoms with Crippen molar-refractivity contribution < 1.29 is 9.13 Å². The molecule has 136 valence electrons. The lowest BCUT2D eigenvalue weighted by Crippen LogP contribution is -2.41. The molecule has 1 saturated heterocycles. The van der Waals surface area contributed by atoms with Gasteiger partial charge in [-0.15, -0.1) is 0 Å². The van der Waals surface area contributed by atoms with Crippen LogP contribution in [0.5, 0.6) is 5.75 Å². The largest absolute Gasteiger partial charge is 0.497 e. The third-order valence-corrected chi connectivity index (χ3v) is 6.06. The quantitative estimate of drug-likeness (QED) is 0.883. The van der Waals surface area contributed by atoms with Crippen molar-refractivity contribution in [3.05, 3.63) is 47.3 Å². The van der Waals surface area contributed by atoms with Crippen molar-refractivity contribution in [1.82, 2.24) is 5.32 Å². The molecule has 0 unspecified atom stereocenters. The van der Waals surface area contributed by atoms with Crippen LogP contribution in [0.4, 0.5) is 21.5 Å². The van der Waals surface area contributed by atoms with Gasteiger partial charge in [0.05, 0.1) is 12.8 Å².